The monoisotopic (exact) mass is 237 g/mol. The summed E-state index contributed by atoms with van der Waals surface area (Å²) in [5.41, 5.74) is -0.563. The first-order valence-corrected chi connectivity index (χ1v) is 6.82. The molecule has 2 rings (SSSR count). The van der Waals surface area contributed by atoms with Crippen molar-refractivity contribution in [2.45, 2.75) is 70.7 Å². The van der Waals surface area contributed by atoms with Gasteiger partial charge in [-0.1, -0.05) is 19.8 Å². The van der Waals surface area contributed by atoms with Crippen molar-refractivity contribution in [1.29, 1.82) is 5.26 Å². The van der Waals surface area contributed by atoms with Gasteiger partial charge in [0.1, 0.15) is 0 Å². The highest BCUT2D eigenvalue weighted by atomic mass is 16.5. The molecule has 0 aromatic heterocycles. The summed E-state index contributed by atoms with van der Waals surface area (Å²) < 4.78 is 5.74. The summed E-state index contributed by atoms with van der Waals surface area (Å²) in [5.74, 6) is 0.539. The Labute approximate surface area is 104 Å². The van der Waals surface area contributed by atoms with E-state index in [0.717, 1.165) is 32.1 Å². The molecule has 1 aliphatic heterocycles. The number of aliphatic hydroxyl groups is 1. The number of hydrogen-bond donors (Lipinski definition) is 1. The van der Waals surface area contributed by atoms with Crippen LogP contribution in [0.3, 0.4) is 0 Å². The van der Waals surface area contributed by atoms with E-state index in [9.17, 15) is 10.4 Å². The molecule has 0 aromatic rings. The van der Waals surface area contributed by atoms with Crippen LogP contribution in [0.4, 0.5) is 0 Å². The molecule has 1 aliphatic carbocycles. The topological polar surface area (TPSA) is 53.2 Å². The summed E-state index contributed by atoms with van der Waals surface area (Å²) >= 11 is 0. The average molecular weight is 237 g/mol. The highest BCUT2D eigenvalue weighted by Gasteiger charge is 2.46. The predicted molar refractivity (Wildman–Crippen MR) is 65.3 cm³/mol. The van der Waals surface area contributed by atoms with Crippen molar-refractivity contribution in [1.82, 2.24) is 0 Å². The lowest BCUT2D eigenvalue weighted by Crippen LogP contribution is -2.45. The van der Waals surface area contributed by atoms with Crippen molar-refractivity contribution >= 4 is 0 Å². The van der Waals surface area contributed by atoms with E-state index in [4.69, 9.17) is 4.74 Å². The Morgan fingerprint density at radius 1 is 1.35 bits per heavy atom. The zero-order valence-electron chi connectivity index (χ0n) is 10.9. The largest absolute Gasteiger partial charge is 0.389 e. The molecule has 2 aliphatic rings. The third-order valence-electron chi connectivity index (χ3n) is 4.44. The highest BCUT2D eigenvalue weighted by Crippen LogP contribution is 2.44. The molecule has 0 radical (unpaired) electrons. The number of aliphatic hydroxyl groups excluding tert-OH is 1. The van der Waals surface area contributed by atoms with Gasteiger partial charge in [0.05, 0.1) is 29.8 Å². The quantitative estimate of drug-likeness (QED) is 0.803. The van der Waals surface area contributed by atoms with Crippen LogP contribution in [-0.4, -0.2) is 23.4 Å². The second-order valence-corrected chi connectivity index (χ2v) is 5.98. The summed E-state index contributed by atoms with van der Waals surface area (Å²) in [5, 5.41) is 20.0. The van der Waals surface area contributed by atoms with Gasteiger partial charge in [-0.2, -0.15) is 5.26 Å². The normalized spacial score (nSPS) is 44.2. The van der Waals surface area contributed by atoms with Gasteiger partial charge in [0.15, 0.2) is 0 Å². The third kappa shape index (κ3) is 2.48. The second-order valence-electron chi connectivity index (χ2n) is 5.98. The van der Waals surface area contributed by atoms with Gasteiger partial charge in [0.2, 0.25) is 0 Å². The lowest BCUT2D eigenvalue weighted by atomic mass is 9.66. The highest BCUT2D eigenvalue weighted by molar-refractivity contribution is 5.08. The Bertz CT molecular complexity index is 312. The fraction of sp³-hybridized carbons (Fsp3) is 0.929. The zero-order chi connectivity index (χ0) is 12.5. The summed E-state index contributed by atoms with van der Waals surface area (Å²) in [6, 6.07) is 2.41. The molecule has 2 fully saturated rings. The van der Waals surface area contributed by atoms with Crippen LogP contribution < -0.4 is 0 Å². The fourth-order valence-electron chi connectivity index (χ4n) is 3.45. The van der Waals surface area contributed by atoms with E-state index in [1.807, 2.05) is 6.92 Å². The number of hydrogen-bond acceptors (Lipinski definition) is 3. The number of nitriles is 1. The van der Waals surface area contributed by atoms with E-state index < -0.39 is 11.5 Å². The molecule has 3 nitrogen and oxygen atoms in total. The van der Waals surface area contributed by atoms with Crippen molar-refractivity contribution in [3.63, 3.8) is 0 Å². The third-order valence-corrected chi connectivity index (χ3v) is 4.44. The standard InChI is InChI=1S/C14H23NO2/c1-10-4-3-7-14(8-10,9-15)13(16)12-6-5-11(2)17-12/h10-13,16H,3-8H2,1-2H3. The Hall–Kier alpha value is -0.590. The summed E-state index contributed by atoms with van der Waals surface area (Å²) in [6.07, 6.45) is 5.24. The number of nitrogens with zero attached hydrogens (tertiary/aromatic N) is 1. The van der Waals surface area contributed by atoms with Gasteiger partial charge < -0.3 is 9.84 Å². The van der Waals surface area contributed by atoms with E-state index in [1.165, 1.54) is 6.42 Å². The van der Waals surface area contributed by atoms with Crippen LogP contribution in [0.2, 0.25) is 0 Å². The van der Waals surface area contributed by atoms with Crippen molar-refractivity contribution in [2.75, 3.05) is 0 Å². The van der Waals surface area contributed by atoms with Gasteiger partial charge in [0.25, 0.3) is 0 Å². The molecule has 0 bridgehead atoms. The van der Waals surface area contributed by atoms with Gasteiger partial charge >= 0.3 is 0 Å². The minimum Gasteiger partial charge on any atom is -0.389 e. The molecule has 1 saturated heterocycles. The molecule has 96 valence electrons. The smallest absolute Gasteiger partial charge is 0.0987 e. The van der Waals surface area contributed by atoms with Crippen LogP contribution >= 0.6 is 0 Å². The minimum absolute atomic E-state index is 0.130. The molecule has 3 heteroatoms. The molecule has 17 heavy (non-hydrogen) atoms. The summed E-state index contributed by atoms with van der Waals surface area (Å²) in [7, 11) is 0. The van der Waals surface area contributed by atoms with E-state index in [2.05, 4.69) is 13.0 Å². The van der Waals surface area contributed by atoms with Gasteiger partial charge in [-0.25, -0.2) is 0 Å². The predicted octanol–water partition coefficient (Wildman–Crippen LogP) is 2.63. The van der Waals surface area contributed by atoms with Gasteiger partial charge in [-0.15, -0.1) is 0 Å². The maximum Gasteiger partial charge on any atom is 0.0987 e. The van der Waals surface area contributed by atoms with Crippen molar-refractivity contribution < 1.29 is 9.84 Å². The molecule has 1 saturated carbocycles. The lowest BCUT2D eigenvalue weighted by Gasteiger charge is -2.40. The molecular weight excluding hydrogens is 214 g/mol. The van der Waals surface area contributed by atoms with E-state index in [-0.39, 0.29) is 12.2 Å². The summed E-state index contributed by atoms with van der Waals surface area (Å²) in [6.45, 7) is 4.21. The first-order chi connectivity index (χ1) is 8.07. The van der Waals surface area contributed by atoms with Crippen LogP contribution in [0.1, 0.15) is 52.4 Å². The first-order valence-electron chi connectivity index (χ1n) is 6.82. The van der Waals surface area contributed by atoms with Gasteiger partial charge in [0, 0.05) is 0 Å². The average Bonchev–Trinajstić information content (AvgIpc) is 2.74. The maximum absolute atomic E-state index is 10.5. The van der Waals surface area contributed by atoms with Crippen LogP contribution in [0.25, 0.3) is 0 Å². The van der Waals surface area contributed by atoms with E-state index >= 15 is 0 Å². The molecule has 5 unspecified atom stereocenters. The Balaban J connectivity index is 2.09. The molecule has 1 N–H and O–H groups in total. The second kappa shape index (κ2) is 4.96. The first kappa shape index (κ1) is 12.9. The molecule has 0 spiro atoms. The van der Waals surface area contributed by atoms with Crippen LogP contribution in [0.5, 0.6) is 0 Å². The van der Waals surface area contributed by atoms with Crippen molar-refractivity contribution in [3.05, 3.63) is 0 Å². The van der Waals surface area contributed by atoms with Crippen LogP contribution in [0.15, 0.2) is 0 Å². The molecule has 0 aromatic carbocycles. The van der Waals surface area contributed by atoms with Gasteiger partial charge in [-0.3, -0.25) is 0 Å². The van der Waals surface area contributed by atoms with E-state index in [0.29, 0.717) is 5.92 Å². The van der Waals surface area contributed by atoms with Crippen molar-refractivity contribution in [2.24, 2.45) is 11.3 Å². The lowest BCUT2D eigenvalue weighted by molar-refractivity contribution is -0.0859. The Kier molecular flexibility index (Phi) is 3.75. The fourth-order valence-corrected chi connectivity index (χ4v) is 3.45. The molecule has 5 atom stereocenters. The molecular formula is C14H23NO2. The molecule has 0 amide bonds. The maximum atomic E-state index is 10.5. The van der Waals surface area contributed by atoms with Crippen LogP contribution in [0, 0.1) is 22.7 Å². The van der Waals surface area contributed by atoms with Crippen molar-refractivity contribution in [3.8, 4) is 6.07 Å². The number of ether oxygens (including phenoxy) is 1. The Morgan fingerprint density at radius 3 is 2.65 bits per heavy atom. The molecule has 1 heterocycles. The Morgan fingerprint density at radius 2 is 2.12 bits per heavy atom. The summed E-state index contributed by atoms with van der Waals surface area (Å²) in [4.78, 5) is 0. The minimum atomic E-state index is -0.611. The van der Waals surface area contributed by atoms with E-state index in [1.54, 1.807) is 0 Å². The van der Waals surface area contributed by atoms with Crippen LogP contribution in [-0.2, 0) is 4.74 Å². The van der Waals surface area contributed by atoms with Gasteiger partial charge in [-0.05, 0) is 38.5 Å². The SMILES string of the molecule is CC1CCCC(C#N)(C(O)C2CCC(C)O2)C1. The zero-order valence-corrected chi connectivity index (χ0v) is 10.9. The number of rotatable bonds is 2.